The fourth-order valence-corrected chi connectivity index (χ4v) is 5.58. The summed E-state index contributed by atoms with van der Waals surface area (Å²) in [6.07, 6.45) is 8.42. The lowest BCUT2D eigenvalue weighted by molar-refractivity contribution is -0.133. The number of hydrogen-bond acceptors (Lipinski definition) is 3. The Morgan fingerprint density at radius 1 is 1.10 bits per heavy atom. The molecule has 0 aromatic carbocycles. The maximum Gasteiger partial charge on any atom is 0.249 e. The lowest BCUT2D eigenvalue weighted by atomic mass is 9.79. The highest BCUT2D eigenvalue weighted by Gasteiger charge is 2.54. The monoisotopic (exact) mass is 278 g/mol. The summed E-state index contributed by atoms with van der Waals surface area (Å²) in [7, 11) is 0. The van der Waals surface area contributed by atoms with Crippen LogP contribution in [0.5, 0.6) is 0 Å². The van der Waals surface area contributed by atoms with Crippen LogP contribution in [0, 0.1) is 23.7 Å². The summed E-state index contributed by atoms with van der Waals surface area (Å²) >= 11 is 0. The third-order valence-corrected chi connectivity index (χ3v) is 6.42. The van der Waals surface area contributed by atoms with Crippen LogP contribution in [-0.2, 0) is 9.53 Å². The van der Waals surface area contributed by atoms with Crippen molar-refractivity contribution >= 4 is 5.91 Å². The Morgan fingerprint density at radius 2 is 1.95 bits per heavy atom. The molecular weight excluding hydrogens is 252 g/mol. The quantitative estimate of drug-likeness (QED) is 0.821. The SMILES string of the molecule is NCC1CCC(C(=O)NC2CC3CC2C2CCCC32)O1. The Bertz CT molecular complexity index is 400. The van der Waals surface area contributed by atoms with Crippen molar-refractivity contribution in [2.45, 2.75) is 63.2 Å². The van der Waals surface area contributed by atoms with Gasteiger partial charge in [0.15, 0.2) is 0 Å². The predicted molar refractivity (Wildman–Crippen MR) is 75.9 cm³/mol. The van der Waals surface area contributed by atoms with Crippen LogP contribution in [0.3, 0.4) is 0 Å². The summed E-state index contributed by atoms with van der Waals surface area (Å²) in [5, 5.41) is 3.30. The average molecular weight is 278 g/mol. The van der Waals surface area contributed by atoms with Crippen LogP contribution >= 0.6 is 0 Å². The lowest BCUT2D eigenvalue weighted by Crippen LogP contribution is -2.46. The van der Waals surface area contributed by atoms with Crippen molar-refractivity contribution in [1.82, 2.24) is 5.32 Å². The van der Waals surface area contributed by atoms with E-state index in [4.69, 9.17) is 10.5 Å². The molecule has 4 aliphatic rings. The summed E-state index contributed by atoms with van der Waals surface area (Å²) in [6.45, 7) is 0.529. The Morgan fingerprint density at radius 3 is 2.75 bits per heavy atom. The van der Waals surface area contributed by atoms with Crippen LogP contribution in [0.2, 0.25) is 0 Å². The second kappa shape index (κ2) is 4.99. The van der Waals surface area contributed by atoms with E-state index in [-0.39, 0.29) is 18.1 Å². The van der Waals surface area contributed by atoms with Gasteiger partial charge in [-0.3, -0.25) is 4.79 Å². The molecule has 3 saturated carbocycles. The van der Waals surface area contributed by atoms with E-state index >= 15 is 0 Å². The molecule has 0 aromatic rings. The minimum atomic E-state index is -0.248. The minimum absolute atomic E-state index is 0.0880. The number of carbonyl (C=O) groups excluding carboxylic acids is 1. The molecule has 1 saturated heterocycles. The van der Waals surface area contributed by atoms with E-state index < -0.39 is 0 Å². The first-order valence-electron chi connectivity index (χ1n) is 8.42. The van der Waals surface area contributed by atoms with Gasteiger partial charge in [-0.1, -0.05) is 6.42 Å². The normalized spacial score (nSPS) is 49.5. The lowest BCUT2D eigenvalue weighted by Gasteiger charge is -2.32. The van der Waals surface area contributed by atoms with Crippen molar-refractivity contribution in [1.29, 1.82) is 0 Å². The molecule has 3 aliphatic carbocycles. The number of nitrogens with one attached hydrogen (secondary N) is 1. The van der Waals surface area contributed by atoms with E-state index in [1.54, 1.807) is 0 Å². The van der Waals surface area contributed by atoms with Gasteiger partial charge in [0.1, 0.15) is 6.10 Å². The van der Waals surface area contributed by atoms with Gasteiger partial charge in [-0.2, -0.15) is 0 Å². The minimum Gasteiger partial charge on any atom is -0.364 e. The number of rotatable bonds is 3. The molecule has 0 radical (unpaired) electrons. The van der Waals surface area contributed by atoms with Crippen molar-refractivity contribution in [2.24, 2.45) is 29.4 Å². The van der Waals surface area contributed by atoms with Gasteiger partial charge in [-0.15, -0.1) is 0 Å². The largest absolute Gasteiger partial charge is 0.364 e. The van der Waals surface area contributed by atoms with E-state index in [9.17, 15) is 4.79 Å². The number of ether oxygens (including phenoxy) is 1. The zero-order valence-electron chi connectivity index (χ0n) is 12.1. The number of fused-ring (bicyclic) bond motifs is 5. The molecule has 1 amide bonds. The van der Waals surface area contributed by atoms with Crippen LogP contribution in [0.4, 0.5) is 0 Å². The number of amides is 1. The highest BCUT2D eigenvalue weighted by atomic mass is 16.5. The van der Waals surface area contributed by atoms with Crippen LogP contribution in [-0.4, -0.2) is 30.7 Å². The smallest absolute Gasteiger partial charge is 0.249 e. The van der Waals surface area contributed by atoms with Gasteiger partial charge in [-0.05, 0) is 62.2 Å². The Kier molecular flexibility index (Phi) is 3.26. The molecule has 0 spiro atoms. The summed E-state index contributed by atoms with van der Waals surface area (Å²) in [6, 6.07) is 0.423. The zero-order chi connectivity index (χ0) is 13.7. The molecule has 7 unspecified atom stereocenters. The summed E-state index contributed by atoms with van der Waals surface area (Å²) in [5.41, 5.74) is 5.61. The Labute approximate surface area is 120 Å². The number of nitrogens with two attached hydrogens (primary N) is 1. The maximum atomic E-state index is 12.4. The van der Waals surface area contributed by atoms with Crippen LogP contribution in [0.1, 0.15) is 44.9 Å². The van der Waals surface area contributed by atoms with Crippen molar-refractivity contribution in [3.63, 3.8) is 0 Å². The van der Waals surface area contributed by atoms with E-state index in [0.29, 0.717) is 12.6 Å². The molecule has 4 nitrogen and oxygen atoms in total. The molecule has 3 N–H and O–H groups in total. The van der Waals surface area contributed by atoms with Gasteiger partial charge in [0.05, 0.1) is 6.10 Å². The van der Waals surface area contributed by atoms with Gasteiger partial charge in [0.2, 0.25) is 5.91 Å². The first-order chi connectivity index (χ1) is 9.76. The van der Waals surface area contributed by atoms with Gasteiger partial charge in [0.25, 0.3) is 0 Å². The highest BCUT2D eigenvalue weighted by Crippen LogP contribution is 2.58. The van der Waals surface area contributed by atoms with Crippen molar-refractivity contribution in [2.75, 3.05) is 6.54 Å². The highest BCUT2D eigenvalue weighted by molar-refractivity contribution is 5.81. The van der Waals surface area contributed by atoms with Crippen molar-refractivity contribution < 1.29 is 9.53 Å². The fraction of sp³-hybridized carbons (Fsp3) is 0.938. The second-order valence-electron chi connectivity index (χ2n) is 7.33. The first kappa shape index (κ1) is 13.1. The molecule has 2 bridgehead atoms. The average Bonchev–Trinajstić information content (AvgIpc) is 3.19. The standard InChI is InChI=1S/C16H26N2O2/c17-8-10-4-5-15(20-10)16(19)18-14-7-9-6-13(14)12-3-1-2-11(9)12/h9-15H,1-8,17H2,(H,18,19). The van der Waals surface area contributed by atoms with Gasteiger partial charge in [0, 0.05) is 12.6 Å². The van der Waals surface area contributed by atoms with E-state index in [1.807, 2.05) is 0 Å². The van der Waals surface area contributed by atoms with E-state index in [2.05, 4.69) is 5.32 Å². The van der Waals surface area contributed by atoms with Gasteiger partial charge in [-0.25, -0.2) is 0 Å². The van der Waals surface area contributed by atoms with E-state index in [1.165, 1.54) is 32.1 Å². The first-order valence-corrected chi connectivity index (χ1v) is 8.42. The summed E-state index contributed by atoms with van der Waals surface area (Å²) in [4.78, 5) is 12.4. The Balaban J connectivity index is 1.35. The number of carbonyl (C=O) groups is 1. The fourth-order valence-electron chi connectivity index (χ4n) is 5.58. The third-order valence-electron chi connectivity index (χ3n) is 6.42. The van der Waals surface area contributed by atoms with Gasteiger partial charge >= 0.3 is 0 Å². The van der Waals surface area contributed by atoms with Crippen LogP contribution in [0.15, 0.2) is 0 Å². The molecule has 7 atom stereocenters. The van der Waals surface area contributed by atoms with Crippen molar-refractivity contribution in [3.8, 4) is 0 Å². The van der Waals surface area contributed by atoms with Crippen LogP contribution < -0.4 is 11.1 Å². The molecule has 4 heteroatoms. The molecular formula is C16H26N2O2. The van der Waals surface area contributed by atoms with Gasteiger partial charge < -0.3 is 15.8 Å². The molecule has 1 heterocycles. The van der Waals surface area contributed by atoms with Crippen LogP contribution in [0.25, 0.3) is 0 Å². The Hall–Kier alpha value is -0.610. The van der Waals surface area contributed by atoms with Crippen molar-refractivity contribution in [3.05, 3.63) is 0 Å². The predicted octanol–water partition coefficient (Wildman–Crippen LogP) is 1.43. The molecule has 4 rings (SSSR count). The summed E-state index contributed by atoms with van der Waals surface area (Å²) < 4.78 is 5.71. The maximum absolute atomic E-state index is 12.4. The third kappa shape index (κ3) is 2.00. The summed E-state index contributed by atoms with van der Waals surface area (Å²) in [5.74, 6) is 3.65. The molecule has 1 aliphatic heterocycles. The molecule has 0 aromatic heterocycles. The van der Waals surface area contributed by atoms with E-state index in [0.717, 1.165) is 36.5 Å². The zero-order valence-corrected chi connectivity index (χ0v) is 12.1. The molecule has 4 fully saturated rings. The number of hydrogen-bond donors (Lipinski definition) is 2. The second-order valence-corrected chi connectivity index (χ2v) is 7.33. The molecule has 20 heavy (non-hydrogen) atoms. The molecule has 112 valence electrons. The topological polar surface area (TPSA) is 64.4 Å².